The summed E-state index contributed by atoms with van der Waals surface area (Å²) in [5.74, 6) is -3.49. The van der Waals surface area contributed by atoms with Gasteiger partial charge in [-0.15, -0.1) is 0 Å². The number of hydrogen-bond donors (Lipinski definition) is 4. The highest BCUT2D eigenvalue weighted by Gasteiger charge is 2.74. The van der Waals surface area contributed by atoms with Gasteiger partial charge in [0.2, 0.25) is 0 Å². The van der Waals surface area contributed by atoms with Crippen molar-refractivity contribution in [2.75, 3.05) is 0 Å². The number of thioether (sulfide) groups is 1. The van der Waals surface area contributed by atoms with Crippen molar-refractivity contribution in [2.24, 2.45) is 23.5 Å². The van der Waals surface area contributed by atoms with Crippen LogP contribution in [0.1, 0.15) is 6.42 Å². The Labute approximate surface area is 111 Å². The van der Waals surface area contributed by atoms with Gasteiger partial charge in [-0.05, 0) is 12.3 Å². The second-order valence-corrected chi connectivity index (χ2v) is 6.19. The van der Waals surface area contributed by atoms with Gasteiger partial charge in [-0.3, -0.25) is 14.7 Å². The summed E-state index contributed by atoms with van der Waals surface area (Å²) in [5.41, 5.74) is 4.46. The van der Waals surface area contributed by atoms with Crippen molar-refractivity contribution >= 4 is 23.7 Å². The van der Waals surface area contributed by atoms with Crippen molar-refractivity contribution in [3.63, 3.8) is 0 Å². The van der Waals surface area contributed by atoms with Crippen molar-refractivity contribution in [3.05, 3.63) is 6.33 Å². The highest BCUT2D eigenvalue weighted by molar-refractivity contribution is 7.99. The summed E-state index contributed by atoms with van der Waals surface area (Å²) in [6.45, 7) is 0. The first kappa shape index (κ1) is 12.4. The molecule has 2 fully saturated rings. The highest BCUT2D eigenvalue weighted by Crippen LogP contribution is 2.65. The van der Waals surface area contributed by atoms with Crippen LogP contribution < -0.4 is 5.73 Å². The van der Waals surface area contributed by atoms with E-state index in [2.05, 4.69) is 15.2 Å². The molecule has 1 aromatic rings. The lowest BCUT2D eigenvalue weighted by Crippen LogP contribution is -2.50. The van der Waals surface area contributed by atoms with Crippen LogP contribution in [0, 0.1) is 17.8 Å². The van der Waals surface area contributed by atoms with Crippen LogP contribution in [0.15, 0.2) is 11.5 Å². The highest BCUT2D eigenvalue weighted by atomic mass is 32.2. The molecule has 0 spiro atoms. The average molecular weight is 284 g/mol. The molecule has 0 radical (unpaired) electrons. The largest absolute Gasteiger partial charge is 0.481 e. The summed E-state index contributed by atoms with van der Waals surface area (Å²) < 4.78 is 0. The molecule has 2 aliphatic carbocycles. The average Bonchev–Trinajstić information content (AvgIpc) is 2.77. The van der Waals surface area contributed by atoms with Crippen molar-refractivity contribution < 1.29 is 19.8 Å². The monoisotopic (exact) mass is 284 g/mol. The first-order valence-corrected chi connectivity index (χ1v) is 6.60. The van der Waals surface area contributed by atoms with E-state index >= 15 is 0 Å². The molecule has 9 heteroatoms. The molecule has 0 bridgehead atoms. The van der Waals surface area contributed by atoms with E-state index in [-0.39, 0.29) is 17.6 Å². The fourth-order valence-corrected chi connectivity index (χ4v) is 4.48. The van der Waals surface area contributed by atoms with E-state index in [0.717, 1.165) is 0 Å². The van der Waals surface area contributed by atoms with E-state index in [4.69, 9.17) is 10.8 Å². The molecule has 8 nitrogen and oxygen atoms in total. The Morgan fingerprint density at radius 1 is 1.53 bits per heavy atom. The molecule has 2 aliphatic rings. The van der Waals surface area contributed by atoms with Crippen molar-refractivity contribution in [3.8, 4) is 0 Å². The Kier molecular flexibility index (Phi) is 2.58. The Morgan fingerprint density at radius 3 is 2.79 bits per heavy atom. The predicted octanol–water partition coefficient (Wildman–Crippen LogP) is -0.602. The molecule has 0 amide bonds. The fraction of sp³-hybridized carbons (Fsp3) is 0.600. The summed E-state index contributed by atoms with van der Waals surface area (Å²) in [6, 6.07) is 0. The maximum Gasteiger partial charge on any atom is 0.324 e. The Morgan fingerprint density at radius 2 is 2.26 bits per heavy atom. The Hall–Kier alpha value is -1.61. The number of carboxylic acid groups (broad SMARTS) is 2. The number of nitrogens with zero attached hydrogens (tertiary/aromatic N) is 2. The predicted molar refractivity (Wildman–Crippen MR) is 63.3 cm³/mol. The van der Waals surface area contributed by atoms with Gasteiger partial charge in [0.05, 0.1) is 5.92 Å². The van der Waals surface area contributed by atoms with Gasteiger partial charge in [-0.1, -0.05) is 11.8 Å². The number of hydrogen-bond acceptors (Lipinski definition) is 6. The van der Waals surface area contributed by atoms with Crippen molar-refractivity contribution in [2.45, 2.75) is 22.4 Å². The molecule has 0 aromatic carbocycles. The van der Waals surface area contributed by atoms with Crippen LogP contribution in [-0.4, -0.2) is 48.1 Å². The number of H-pyrrole nitrogens is 1. The second kappa shape index (κ2) is 3.94. The van der Waals surface area contributed by atoms with Crippen LogP contribution >= 0.6 is 11.8 Å². The summed E-state index contributed by atoms with van der Waals surface area (Å²) in [7, 11) is 0. The summed E-state index contributed by atoms with van der Waals surface area (Å²) in [6.07, 6.45) is 1.59. The Bertz CT molecular complexity index is 536. The zero-order valence-corrected chi connectivity index (χ0v) is 10.5. The van der Waals surface area contributed by atoms with Crippen LogP contribution in [0.5, 0.6) is 0 Å². The van der Waals surface area contributed by atoms with E-state index in [1.54, 1.807) is 0 Å². The third-order valence-corrected chi connectivity index (χ3v) is 5.18. The molecule has 2 saturated carbocycles. The minimum absolute atomic E-state index is 0.167. The smallest absolute Gasteiger partial charge is 0.324 e. The third kappa shape index (κ3) is 1.72. The molecular formula is C10H12N4O4S. The normalized spacial score (nSPS) is 39.8. The first-order chi connectivity index (χ1) is 8.95. The summed E-state index contributed by atoms with van der Waals surface area (Å²) in [5, 5.41) is 25.1. The molecule has 1 aromatic heterocycles. The maximum absolute atomic E-state index is 11.3. The van der Waals surface area contributed by atoms with Gasteiger partial charge in [0.25, 0.3) is 0 Å². The van der Waals surface area contributed by atoms with E-state index in [9.17, 15) is 14.7 Å². The topological polar surface area (TPSA) is 142 Å². The quantitative estimate of drug-likeness (QED) is 0.574. The lowest BCUT2D eigenvalue weighted by Gasteiger charge is -2.23. The molecular weight excluding hydrogens is 272 g/mol. The number of carboxylic acids is 2. The van der Waals surface area contributed by atoms with E-state index in [1.807, 2.05) is 0 Å². The minimum atomic E-state index is -1.45. The number of aromatic nitrogens is 3. The minimum Gasteiger partial charge on any atom is -0.481 e. The van der Waals surface area contributed by atoms with Crippen LogP contribution in [0.3, 0.4) is 0 Å². The number of nitrogens with two attached hydrogens (primary N) is 1. The SMILES string of the molecule is N[C@@]1(C(=O)O)C[C@H](Sc2ncn[nH]2)[C@H]2[C@H](C(=O)O)[C@H]21. The van der Waals surface area contributed by atoms with Crippen molar-refractivity contribution in [1.82, 2.24) is 15.2 Å². The first-order valence-electron chi connectivity index (χ1n) is 5.72. The summed E-state index contributed by atoms with van der Waals surface area (Å²) >= 11 is 1.31. The molecule has 102 valence electrons. The van der Waals surface area contributed by atoms with Gasteiger partial charge < -0.3 is 15.9 Å². The fourth-order valence-electron chi connectivity index (χ4n) is 3.13. The van der Waals surface area contributed by atoms with Gasteiger partial charge in [0.15, 0.2) is 5.16 Å². The second-order valence-electron chi connectivity index (χ2n) is 4.96. The standard InChI is InChI=1S/C10H12N4O4S/c11-10(8(17)18)1-3(19-9-12-2-13-14-9)4-5(6(4)10)7(15)16/h2-6H,1,11H2,(H,15,16)(H,17,18)(H,12,13,14)/t3-,4-,5-,6-,10-/m0/s1. The third-order valence-electron chi connectivity index (χ3n) is 3.98. The van der Waals surface area contributed by atoms with Gasteiger partial charge in [-0.2, -0.15) is 5.10 Å². The molecule has 1 heterocycles. The van der Waals surface area contributed by atoms with Crippen LogP contribution in [0.2, 0.25) is 0 Å². The zero-order chi connectivity index (χ0) is 13.8. The van der Waals surface area contributed by atoms with Gasteiger partial charge in [-0.25, -0.2) is 4.98 Å². The molecule has 0 saturated heterocycles. The van der Waals surface area contributed by atoms with Crippen molar-refractivity contribution in [1.29, 1.82) is 0 Å². The molecule has 3 rings (SSSR count). The van der Waals surface area contributed by atoms with Gasteiger partial charge in [0, 0.05) is 11.2 Å². The Balaban J connectivity index is 1.84. The lowest BCUT2D eigenvalue weighted by atomic mass is 9.91. The lowest BCUT2D eigenvalue weighted by molar-refractivity contribution is -0.145. The van der Waals surface area contributed by atoms with Gasteiger partial charge >= 0.3 is 11.9 Å². The number of carbonyl (C=O) groups is 2. The number of aliphatic carboxylic acids is 2. The van der Waals surface area contributed by atoms with Crippen LogP contribution in [0.25, 0.3) is 0 Å². The number of rotatable bonds is 4. The molecule has 0 unspecified atom stereocenters. The number of nitrogens with one attached hydrogen (secondary N) is 1. The molecule has 5 N–H and O–H groups in total. The zero-order valence-electron chi connectivity index (χ0n) is 9.68. The van der Waals surface area contributed by atoms with Gasteiger partial charge in [0.1, 0.15) is 11.9 Å². The molecule has 0 aliphatic heterocycles. The van der Waals surface area contributed by atoms with E-state index < -0.39 is 29.3 Å². The summed E-state index contributed by atoms with van der Waals surface area (Å²) in [4.78, 5) is 26.4. The van der Waals surface area contributed by atoms with E-state index in [0.29, 0.717) is 5.16 Å². The van der Waals surface area contributed by atoms with Crippen LogP contribution in [-0.2, 0) is 9.59 Å². The molecule has 19 heavy (non-hydrogen) atoms. The maximum atomic E-state index is 11.3. The number of aromatic amines is 1. The number of fused-ring (bicyclic) bond motifs is 1. The van der Waals surface area contributed by atoms with Crippen LogP contribution in [0.4, 0.5) is 0 Å². The van der Waals surface area contributed by atoms with E-state index in [1.165, 1.54) is 18.1 Å². The molecule has 5 atom stereocenters.